The number of aliphatic hydroxyl groups is 1. The van der Waals surface area contributed by atoms with Crippen LogP contribution in [0.5, 0.6) is 0 Å². The van der Waals surface area contributed by atoms with Gasteiger partial charge in [0.25, 0.3) is 0 Å². The van der Waals surface area contributed by atoms with Crippen LogP contribution < -0.4 is 0 Å². The van der Waals surface area contributed by atoms with Crippen molar-refractivity contribution in [3.05, 3.63) is 53.9 Å². The van der Waals surface area contributed by atoms with Crippen LogP contribution in [0.25, 0.3) is 0 Å². The van der Waals surface area contributed by atoms with E-state index in [1.807, 2.05) is 18.3 Å². The van der Waals surface area contributed by atoms with Crippen LogP contribution in [0.2, 0.25) is 0 Å². The quantitative estimate of drug-likeness (QED) is 0.850. The first-order valence-electron chi connectivity index (χ1n) is 8.04. The molecule has 0 saturated carbocycles. The van der Waals surface area contributed by atoms with Gasteiger partial charge in [-0.25, -0.2) is 9.37 Å². The molecule has 1 aliphatic rings. The molecule has 2 heterocycles. The SMILES string of the molecule is OCCC1CN(Cc2ncc[nH]2)CCN1Cc1ccc(F)cc1. The molecule has 1 atom stereocenters. The van der Waals surface area contributed by atoms with Crippen LogP contribution in [0.1, 0.15) is 17.8 Å². The van der Waals surface area contributed by atoms with Crippen LogP contribution in [0.4, 0.5) is 4.39 Å². The van der Waals surface area contributed by atoms with E-state index >= 15 is 0 Å². The lowest BCUT2D eigenvalue weighted by molar-refractivity contribution is 0.0489. The Morgan fingerprint density at radius 2 is 2.04 bits per heavy atom. The second kappa shape index (κ2) is 7.68. The van der Waals surface area contributed by atoms with Gasteiger partial charge >= 0.3 is 0 Å². The van der Waals surface area contributed by atoms with Gasteiger partial charge < -0.3 is 10.1 Å². The van der Waals surface area contributed by atoms with Crippen molar-refractivity contribution in [2.24, 2.45) is 0 Å². The number of nitrogens with one attached hydrogen (secondary N) is 1. The van der Waals surface area contributed by atoms with E-state index in [0.717, 1.165) is 50.5 Å². The molecule has 0 spiro atoms. The van der Waals surface area contributed by atoms with E-state index in [0.29, 0.717) is 6.04 Å². The number of benzene rings is 1. The minimum atomic E-state index is -0.205. The predicted octanol–water partition coefficient (Wildman–Crippen LogP) is 1.62. The molecule has 1 unspecified atom stereocenters. The first kappa shape index (κ1) is 16.1. The zero-order chi connectivity index (χ0) is 16.1. The molecule has 124 valence electrons. The number of hydrogen-bond donors (Lipinski definition) is 2. The van der Waals surface area contributed by atoms with E-state index in [1.165, 1.54) is 12.1 Å². The van der Waals surface area contributed by atoms with Crippen LogP contribution >= 0.6 is 0 Å². The molecule has 1 aromatic carbocycles. The number of hydrogen-bond acceptors (Lipinski definition) is 4. The molecule has 2 N–H and O–H groups in total. The molecular formula is C17H23FN4O. The predicted molar refractivity (Wildman–Crippen MR) is 86.2 cm³/mol. The van der Waals surface area contributed by atoms with E-state index in [2.05, 4.69) is 19.8 Å². The molecule has 0 radical (unpaired) electrons. The topological polar surface area (TPSA) is 55.4 Å². The van der Waals surface area contributed by atoms with Crippen LogP contribution in [0, 0.1) is 5.82 Å². The number of rotatable bonds is 6. The van der Waals surface area contributed by atoms with E-state index in [4.69, 9.17) is 0 Å². The Kier molecular flexibility index (Phi) is 5.38. The largest absolute Gasteiger partial charge is 0.396 e. The summed E-state index contributed by atoms with van der Waals surface area (Å²) < 4.78 is 13.0. The van der Waals surface area contributed by atoms with Gasteiger partial charge in [0.2, 0.25) is 0 Å². The van der Waals surface area contributed by atoms with Gasteiger partial charge in [0, 0.05) is 51.2 Å². The maximum absolute atomic E-state index is 13.0. The zero-order valence-electron chi connectivity index (χ0n) is 13.2. The fraction of sp³-hybridized carbons (Fsp3) is 0.471. The molecule has 1 saturated heterocycles. The number of aliphatic hydroxyl groups excluding tert-OH is 1. The molecule has 1 fully saturated rings. The highest BCUT2D eigenvalue weighted by Crippen LogP contribution is 2.18. The highest BCUT2D eigenvalue weighted by atomic mass is 19.1. The average molecular weight is 318 g/mol. The lowest BCUT2D eigenvalue weighted by Crippen LogP contribution is -2.52. The summed E-state index contributed by atoms with van der Waals surface area (Å²) in [7, 11) is 0. The smallest absolute Gasteiger partial charge is 0.123 e. The lowest BCUT2D eigenvalue weighted by atomic mass is 10.1. The molecule has 5 nitrogen and oxygen atoms in total. The van der Waals surface area contributed by atoms with Gasteiger partial charge in [-0.2, -0.15) is 0 Å². The first-order valence-corrected chi connectivity index (χ1v) is 8.04. The molecule has 0 bridgehead atoms. The summed E-state index contributed by atoms with van der Waals surface area (Å²) in [5.41, 5.74) is 1.11. The third-order valence-corrected chi connectivity index (χ3v) is 4.38. The number of imidazole rings is 1. The summed E-state index contributed by atoms with van der Waals surface area (Å²) in [6, 6.07) is 6.97. The number of aromatic nitrogens is 2. The Labute approximate surface area is 135 Å². The van der Waals surface area contributed by atoms with E-state index in [1.54, 1.807) is 6.20 Å². The van der Waals surface area contributed by atoms with Crippen molar-refractivity contribution in [3.63, 3.8) is 0 Å². The number of halogens is 1. The van der Waals surface area contributed by atoms with Crippen molar-refractivity contribution < 1.29 is 9.50 Å². The lowest BCUT2D eigenvalue weighted by Gasteiger charge is -2.41. The standard InChI is InChI=1S/C17H23FN4O/c18-15-3-1-14(2-4-15)11-22-9-8-21(12-16(22)5-10-23)13-17-19-6-7-20-17/h1-4,6-7,16,23H,5,8-13H2,(H,19,20). The summed E-state index contributed by atoms with van der Waals surface area (Å²) in [5, 5.41) is 9.37. The fourth-order valence-electron chi connectivity index (χ4n) is 3.15. The third kappa shape index (κ3) is 4.37. The summed E-state index contributed by atoms with van der Waals surface area (Å²) in [6.07, 6.45) is 4.35. The molecule has 2 aromatic rings. The zero-order valence-corrected chi connectivity index (χ0v) is 13.2. The molecule has 3 rings (SSSR count). The van der Waals surface area contributed by atoms with Crippen molar-refractivity contribution in [1.29, 1.82) is 0 Å². The van der Waals surface area contributed by atoms with Gasteiger partial charge in [-0.05, 0) is 24.1 Å². The van der Waals surface area contributed by atoms with Crippen molar-refractivity contribution in [2.45, 2.75) is 25.6 Å². The van der Waals surface area contributed by atoms with Gasteiger partial charge in [0.15, 0.2) is 0 Å². The maximum Gasteiger partial charge on any atom is 0.123 e. The molecule has 1 aliphatic heterocycles. The second-order valence-electron chi connectivity index (χ2n) is 6.03. The Hall–Kier alpha value is -1.76. The molecule has 23 heavy (non-hydrogen) atoms. The minimum absolute atomic E-state index is 0.180. The normalized spacial score (nSPS) is 20.0. The molecule has 0 aliphatic carbocycles. The Bertz CT molecular complexity index is 587. The van der Waals surface area contributed by atoms with Crippen LogP contribution in [0.15, 0.2) is 36.7 Å². The van der Waals surface area contributed by atoms with Crippen molar-refractivity contribution in [1.82, 2.24) is 19.8 Å². The van der Waals surface area contributed by atoms with Gasteiger partial charge in [0.1, 0.15) is 11.6 Å². The molecule has 6 heteroatoms. The average Bonchev–Trinajstić information content (AvgIpc) is 3.05. The van der Waals surface area contributed by atoms with E-state index in [-0.39, 0.29) is 12.4 Å². The summed E-state index contributed by atoms with van der Waals surface area (Å²) >= 11 is 0. The van der Waals surface area contributed by atoms with Gasteiger partial charge in [-0.3, -0.25) is 9.80 Å². The molecular weight excluding hydrogens is 295 g/mol. The van der Waals surface area contributed by atoms with Crippen molar-refractivity contribution in [2.75, 3.05) is 26.2 Å². The van der Waals surface area contributed by atoms with Gasteiger partial charge in [0.05, 0.1) is 6.54 Å². The van der Waals surface area contributed by atoms with E-state index < -0.39 is 0 Å². The highest BCUT2D eigenvalue weighted by Gasteiger charge is 2.26. The van der Waals surface area contributed by atoms with Crippen molar-refractivity contribution in [3.8, 4) is 0 Å². The minimum Gasteiger partial charge on any atom is -0.396 e. The third-order valence-electron chi connectivity index (χ3n) is 4.38. The first-order chi connectivity index (χ1) is 11.2. The Morgan fingerprint density at radius 1 is 1.22 bits per heavy atom. The van der Waals surface area contributed by atoms with Gasteiger partial charge in [-0.15, -0.1) is 0 Å². The van der Waals surface area contributed by atoms with Gasteiger partial charge in [-0.1, -0.05) is 12.1 Å². The second-order valence-corrected chi connectivity index (χ2v) is 6.03. The fourth-order valence-corrected chi connectivity index (χ4v) is 3.15. The molecule has 1 aromatic heterocycles. The number of H-pyrrole nitrogens is 1. The summed E-state index contributed by atoms with van der Waals surface area (Å²) in [4.78, 5) is 12.2. The maximum atomic E-state index is 13.0. The van der Waals surface area contributed by atoms with Crippen LogP contribution in [-0.2, 0) is 13.1 Å². The van der Waals surface area contributed by atoms with E-state index in [9.17, 15) is 9.50 Å². The Balaban J connectivity index is 1.61. The number of nitrogens with zero attached hydrogens (tertiary/aromatic N) is 3. The monoisotopic (exact) mass is 318 g/mol. The molecule has 0 amide bonds. The Morgan fingerprint density at radius 3 is 2.74 bits per heavy atom. The summed E-state index contributed by atoms with van der Waals surface area (Å²) in [5.74, 6) is 0.767. The highest BCUT2D eigenvalue weighted by molar-refractivity contribution is 5.16. The number of piperazine rings is 1. The van der Waals surface area contributed by atoms with Crippen LogP contribution in [0.3, 0.4) is 0 Å². The number of aromatic amines is 1. The van der Waals surface area contributed by atoms with Crippen LogP contribution in [-0.4, -0.2) is 57.2 Å². The van der Waals surface area contributed by atoms with Crippen molar-refractivity contribution >= 4 is 0 Å². The summed E-state index contributed by atoms with van der Waals surface area (Å²) in [6.45, 7) is 4.58.